The monoisotopic (exact) mass is 671 g/mol. The number of para-hydroxylation sites is 1. The van der Waals surface area contributed by atoms with E-state index in [-0.39, 0.29) is 28.9 Å². The predicted molar refractivity (Wildman–Crippen MR) is 190 cm³/mol. The van der Waals surface area contributed by atoms with E-state index in [4.69, 9.17) is 9.15 Å². The van der Waals surface area contributed by atoms with Crippen LogP contribution in [0.4, 0.5) is 10.1 Å². The van der Waals surface area contributed by atoms with Crippen molar-refractivity contribution in [2.24, 2.45) is 0 Å². The molecule has 5 aromatic carbocycles. The fraction of sp³-hybridized carbons (Fsp3) is 0.103. The van der Waals surface area contributed by atoms with Crippen LogP contribution in [0.25, 0.3) is 55.6 Å². The van der Waals surface area contributed by atoms with Gasteiger partial charge >= 0.3 is 0 Å². The van der Waals surface area contributed by atoms with Crippen molar-refractivity contribution in [2.75, 3.05) is 17.5 Å². The number of nitrogens with one attached hydrogen (secondary N) is 3. The molecule has 0 saturated carbocycles. The molecule has 0 fully saturated rings. The van der Waals surface area contributed by atoms with Crippen molar-refractivity contribution in [2.45, 2.75) is 13.0 Å². The van der Waals surface area contributed by atoms with Crippen LogP contribution in [0.2, 0.25) is 0 Å². The van der Waals surface area contributed by atoms with E-state index >= 15 is 0 Å². The minimum atomic E-state index is -3.72. The number of hydrogen-bond donors (Lipinski definition) is 3. The van der Waals surface area contributed by atoms with Crippen LogP contribution in [0.1, 0.15) is 34.5 Å². The molecule has 0 spiro atoms. The number of carbonyl (C=O) groups excluding carboxylic acids is 1. The molecular formula is C39H30FN3O5S. The number of rotatable bonds is 7. The molecule has 244 valence electrons. The molecule has 8 nitrogen and oxygen atoms in total. The van der Waals surface area contributed by atoms with Crippen molar-refractivity contribution in [3.63, 3.8) is 0 Å². The number of aromatic amines is 1. The highest BCUT2D eigenvalue weighted by atomic mass is 32.2. The van der Waals surface area contributed by atoms with Gasteiger partial charge in [0.1, 0.15) is 22.9 Å². The maximum Gasteiger partial charge on any atom is 0.255 e. The third kappa shape index (κ3) is 5.21. The Morgan fingerprint density at radius 1 is 0.857 bits per heavy atom. The molecule has 1 unspecified atom stereocenters. The molecule has 3 heterocycles. The van der Waals surface area contributed by atoms with Crippen molar-refractivity contribution in [3.05, 3.63) is 132 Å². The topological polar surface area (TPSA) is 113 Å². The molecule has 0 bridgehead atoms. The summed E-state index contributed by atoms with van der Waals surface area (Å²) in [7, 11) is -2.20. The third-order valence-electron chi connectivity index (χ3n) is 8.95. The van der Waals surface area contributed by atoms with Crippen molar-refractivity contribution < 1.29 is 26.8 Å². The van der Waals surface area contributed by atoms with Crippen molar-refractivity contribution >= 4 is 43.5 Å². The molecule has 0 radical (unpaired) electrons. The molecule has 7 aromatic rings. The lowest BCUT2D eigenvalue weighted by Gasteiger charge is -2.28. The molecule has 10 heteroatoms. The van der Waals surface area contributed by atoms with E-state index in [1.807, 2.05) is 66.7 Å². The first kappa shape index (κ1) is 30.5. The van der Waals surface area contributed by atoms with Gasteiger partial charge in [0.25, 0.3) is 5.91 Å². The summed E-state index contributed by atoms with van der Waals surface area (Å²) in [5, 5.41) is 4.19. The second kappa shape index (κ2) is 11.7. The number of H-pyrrole nitrogens is 1. The molecule has 8 rings (SSSR count). The summed E-state index contributed by atoms with van der Waals surface area (Å²) in [5.41, 5.74) is 7.26. The first-order chi connectivity index (χ1) is 23.7. The van der Waals surface area contributed by atoms with Crippen LogP contribution in [-0.4, -0.2) is 32.1 Å². The van der Waals surface area contributed by atoms with Gasteiger partial charge in [0.05, 0.1) is 22.7 Å². The van der Waals surface area contributed by atoms with Crippen molar-refractivity contribution in [3.8, 4) is 39.5 Å². The number of anilines is 1. The molecule has 49 heavy (non-hydrogen) atoms. The van der Waals surface area contributed by atoms with Crippen LogP contribution in [-0.2, 0) is 10.0 Å². The summed E-state index contributed by atoms with van der Waals surface area (Å²) < 4.78 is 55.4. The number of amides is 1. The van der Waals surface area contributed by atoms with Crippen LogP contribution in [0.3, 0.4) is 0 Å². The summed E-state index contributed by atoms with van der Waals surface area (Å²) >= 11 is 0. The van der Waals surface area contributed by atoms with E-state index in [1.54, 1.807) is 19.1 Å². The average Bonchev–Trinajstić information content (AvgIpc) is 3.70. The Labute approximate surface area is 281 Å². The Hall–Kier alpha value is -5.87. The lowest BCUT2D eigenvalue weighted by Crippen LogP contribution is -2.18. The van der Waals surface area contributed by atoms with Gasteiger partial charge in [0, 0.05) is 51.7 Å². The summed E-state index contributed by atoms with van der Waals surface area (Å²) in [4.78, 5) is 17.0. The number of ether oxygens (including phenoxy) is 1. The Kier molecular flexibility index (Phi) is 7.26. The zero-order valence-electron chi connectivity index (χ0n) is 26.5. The Morgan fingerprint density at radius 2 is 1.59 bits per heavy atom. The maximum absolute atomic E-state index is 13.8. The molecule has 1 aliphatic heterocycles. The highest BCUT2D eigenvalue weighted by Crippen LogP contribution is 2.49. The maximum atomic E-state index is 13.8. The zero-order valence-corrected chi connectivity index (χ0v) is 27.3. The smallest absolute Gasteiger partial charge is 0.255 e. The van der Waals surface area contributed by atoms with Crippen LogP contribution >= 0.6 is 0 Å². The minimum Gasteiger partial charge on any atom is -0.480 e. The average molecular weight is 672 g/mol. The van der Waals surface area contributed by atoms with E-state index in [0.29, 0.717) is 33.4 Å². The molecule has 0 saturated heterocycles. The molecule has 3 N–H and O–H groups in total. The molecule has 1 amide bonds. The van der Waals surface area contributed by atoms with Gasteiger partial charge in [-0.25, -0.2) is 12.8 Å². The fourth-order valence-electron chi connectivity index (χ4n) is 6.55. The molecule has 2 aromatic heterocycles. The molecular weight excluding hydrogens is 642 g/mol. The number of aromatic nitrogens is 1. The third-order valence-corrected chi connectivity index (χ3v) is 10.2. The van der Waals surface area contributed by atoms with Gasteiger partial charge in [-0.3, -0.25) is 9.52 Å². The summed E-state index contributed by atoms with van der Waals surface area (Å²) in [5.74, 6) is -0.0702. The minimum absolute atomic E-state index is 0.149. The van der Waals surface area contributed by atoms with Gasteiger partial charge in [-0.05, 0) is 66.6 Å². The van der Waals surface area contributed by atoms with Crippen LogP contribution in [0.5, 0.6) is 5.75 Å². The standard InChI is InChI=1S/C39H30FN3O5S/c1-3-49(45,46)43-31-21-33-28(35(39(44)41-2)38(48-33)23-13-16-25(40)17-14-23)20-27(31)24-15-18-32-29(19-24)36-34(26-11-7-8-12-30(26)42-36)37(47-32)22-9-5-4-6-10-22/h4-21,37,42-43H,3H2,1-2H3,(H,41,44). The van der Waals surface area contributed by atoms with E-state index in [0.717, 1.165) is 33.3 Å². The van der Waals surface area contributed by atoms with E-state index < -0.39 is 21.7 Å². The largest absolute Gasteiger partial charge is 0.480 e. The lowest BCUT2D eigenvalue weighted by atomic mass is 9.90. The number of sulfonamides is 1. The molecule has 1 atom stereocenters. The fourth-order valence-corrected chi connectivity index (χ4v) is 7.20. The van der Waals surface area contributed by atoms with Gasteiger partial charge in [-0.2, -0.15) is 0 Å². The zero-order chi connectivity index (χ0) is 33.9. The van der Waals surface area contributed by atoms with Gasteiger partial charge in [0.2, 0.25) is 10.0 Å². The second-order valence-electron chi connectivity index (χ2n) is 11.9. The first-order valence-corrected chi connectivity index (χ1v) is 17.5. The van der Waals surface area contributed by atoms with Crippen molar-refractivity contribution in [1.82, 2.24) is 10.3 Å². The molecule has 0 aliphatic carbocycles. The van der Waals surface area contributed by atoms with Crippen LogP contribution < -0.4 is 14.8 Å². The summed E-state index contributed by atoms with van der Waals surface area (Å²) in [6, 6.07) is 32.9. The van der Waals surface area contributed by atoms with Gasteiger partial charge in [-0.15, -0.1) is 0 Å². The number of hydrogen-bond acceptors (Lipinski definition) is 5. The van der Waals surface area contributed by atoms with Crippen molar-refractivity contribution in [1.29, 1.82) is 0 Å². The number of benzene rings is 5. The lowest BCUT2D eigenvalue weighted by molar-refractivity contribution is 0.0964. The Morgan fingerprint density at radius 3 is 2.35 bits per heavy atom. The SMILES string of the molecule is CCS(=O)(=O)Nc1cc2oc(-c3ccc(F)cc3)c(C(=O)NC)c2cc1-c1ccc2c(c1)-c1[nH]c3ccccc3c1C(c1ccccc1)O2. The number of fused-ring (bicyclic) bond motifs is 6. The first-order valence-electron chi connectivity index (χ1n) is 15.8. The van der Waals surface area contributed by atoms with Crippen LogP contribution in [0, 0.1) is 5.82 Å². The van der Waals surface area contributed by atoms with Gasteiger partial charge in [0.15, 0.2) is 6.10 Å². The normalized spacial score (nSPS) is 13.9. The Bertz CT molecular complexity index is 2520. The predicted octanol–water partition coefficient (Wildman–Crippen LogP) is 8.66. The van der Waals surface area contributed by atoms with Gasteiger partial charge < -0.3 is 19.5 Å². The Balaban J connectivity index is 1.36. The molecule has 1 aliphatic rings. The van der Waals surface area contributed by atoms with E-state index in [2.05, 4.69) is 21.1 Å². The quantitative estimate of drug-likeness (QED) is 0.157. The van der Waals surface area contributed by atoms with E-state index in [1.165, 1.54) is 31.3 Å². The number of carbonyl (C=O) groups is 1. The number of halogens is 1. The second-order valence-corrected chi connectivity index (χ2v) is 13.9. The van der Waals surface area contributed by atoms with Gasteiger partial charge in [-0.1, -0.05) is 54.6 Å². The summed E-state index contributed by atoms with van der Waals surface area (Å²) in [6.07, 6.45) is -0.347. The highest BCUT2D eigenvalue weighted by molar-refractivity contribution is 7.92. The highest BCUT2D eigenvalue weighted by Gasteiger charge is 2.32. The van der Waals surface area contributed by atoms with E-state index in [9.17, 15) is 17.6 Å². The number of furan rings is 1. The van der Waals surface area contributed by atoms with Crippen LogP contribution in [0.15, 0.2) is 114 Å². The summed E-state index contributed by atoms with van der Waals surface area (Å²) in [6.45, 7) is 1.56.